The first kappa shape index (κ1) is 61.3. The Kier molecular flexibility index (Phi) is 40.4. The number of allylic oxidation sites excluding steroid dienone is 2. The molecule has 2 aromatic carbocycles. The van der Waals surface area contributed by atoms with E-state index >= 15 is 0 Å². The number of benzene rings is 2. The summed E-state index contributed by atoms with van der Waals surface area (Å²) in [7, 11) is 0. The monoisotopic (exact) mass is 1010 g/mol. The molecule has 0 amide bonds. The molecule has 0 spiro atoms. The second kappa shape index (κ2) is 44.1. The van der Waals surface area contributed by atoms with E-state index in [1.165, 1.54) is 274 Å². The molecule has 0 bridgehead atoms. The molecule has 2 nitrogen and oxygen atoms in total. The second-order valence-corrected chi connectivity index (χ2v) is 22.8. The van der Waals surface area contributed by atoms with Gasteiger partial charge in [0.1, 0.15) is 0 Å². The van der Waals surface area contributed by atoms with Crippen molar-refractivity contribution in [1.82, 2.24) is 0 Å². The molecule has 67 heavy (non-hydrogen) atoms. The van der Waals surface area contributed by atoms with Crippen molar-refractivity contribution in [1.29, 1.82) is 0 Å². The summed E-state index contributed by atoms with van der Waals surface area (Å²) in [4.78, 5) is 3.01. The quantitative estimate of drug-likeness (QED) is 0.0359. The Labute approximate surface area is 427 Å². The second-order valence-electron chi connectivity index (χ2n) is 20.4. The third kappa shape index (κ3) is 29.2. The molecule has 0 saturated carbocycles. The first-order valence-electron chi connectivity index (χ1n) is 29.6. The van der Waals surface area contributed by atoms with Crippen molar-refractivity contribution in [3.05, 3.63) is 87.5 Å². The van der Waals surface area contributed by atoms with Gasteiger partial charge in [-0.05, 0) is 86.8 Å². The Balaban J connectivity index is 0.00000154. The Morgan fingerprint density at radius 2 is 0.612 bits per heavy atom. The summed E-state index contributed by atoms with van der Waals surface area (Å²) < 4.78 is 1.62. The number of unbranched alkanes of at least 4 members (excludes halogenated alkanes) is 30. The summed E-state index contributed by atoms with van der Waals surface area (Å²) in [5.41, 5.74) is 22.3. The van der Waals surface area contributed by atoms with Gasteiger partial charge in [-0.1, -0.05) is 232 Å². The molecule has 0 saturated heterocycles. The zero-order valence-corrected chi connectivity index (χ0v) is 47.1. The first-order chi connectivity index (χ1) is 33.1. The fourth-order valence-electron chi connectivity index (χ4n) is 9.77. The van der Waals surface area contributed by atoms with Gasteiger partial charge in [-0.3, -0.25) is 0 Å². The van der Waals surface area contributed by atoms with Gasteiger partial charge < -0.3 is 5.53 Å². The normalized spacial score (nSPS) is 12.8. The van der Waals surface area contributed by atoms with E-state index < -0.39 is 0 Å². The van der Waals surface area contributed by atoms with E-state index in [4.69, 9.17) is 0 Å². The van der Waals surface area contributed by atoms with Gasteiger partial charge in [0.25, 0.3) is 0 Å². The van der Waals surface area contributed by atoms with Gasteiger partial charge in [-0.25, -0.2) is 4.70 Å². The van der Waals surface area contributed by atoms with Crippen LogP contribution < -0.4 is 0 Å². The van der Waals surface area contributed by atoms with E-state index in [2.05, 4.69) is 90.1 Å². The van der Waals surface area contributed by atoms with Gasteiger partial charge in [0.05, 0.1) is 0 Å². The minimum absolute atomic E-state index is 1.04. The van der Waals surface area contributed by atoms with Gasteiger partial charge >= 0.3 is 67.3 Å². The molecule has 386 valence electrons. The molecule has 3 rings (SSSR count). The average Bonchev–Trinajstić information content (AvgIpc) is 3.62. The van der Waals surface area contributed by atoms with Gasteiger partial charge in [0.2, 0.25) is 11.4 Å². The van der Waals surface area contributed by atoms with Crippen LogP contribution >= 0.6 is 0 Å². The number of nitrogens with zero attached hydrogens (tertiary/aromatic N) is 2. The Bertz CT molecular complexity index is 1530. The summed E-state index contributed by atoms with van der Waals surface area (Å²) in [5, 5.41) is 0. The van der Waals surface area contributed by atoms with Gasteiger partial charge in [0, 0.05) is 22.3 Å². The van der Waals surface area contributed by atoms with Crippen LogP contribution in [0.2, 0.25) is 9.79 Å². The number of hydrogen-bond donors (Lipinski definition) is 0. The van der Waals surface area contributed by atoms with Crippen LogP contribution in [0, 0.1) is 0 Å². The molecule has 0 aromatic heterocycles. The molecule has 0 unspecified atom stereocenters. The molecule has 3 heteroatoms. The molecular weight excluding hydrogens is 903 g/mol. The number of rotatable bonds is 44. The average molecular weight is 1010 g/mol. The van der Waals surface area contributed by atoms with Crippen LogP contribution in [0.5, 0.6) is 0 Å². The molecule has 0 atom stereocenters. The Morgan fingerprint density at radius 3 is 0.985 bits per heavy atom. The molecule has 0 fully saturated rings. The van der Waals surface area contributed by atoms with E-state index in [0.717, 1.165) is 55.1 Å². The standard InChI is InChI=1S/C56H92N2.2C4H9.Pd/c1-5-9-13-15-16-17-18-19-20-21-22-23-24-25-26-27-28-29-30-31-32-33-36-46-54-53(45-34-11-7-3)55(52-44-38-42-50(48-52)40-35-14-10-6-2)58(57)56(54)51-43-37-41-49(47-51)39-12-8-4;2*1-3-4-2;/h37-38,41-44,47-48H,5-36,39-40,45-46H2,1-4H3;2*1,3-4H2,2H3;. The van der Waals surface area contributed by atoms with Crippen molar-refractivity contribution in [2.75, 3.05) is 0 Å². The van der Waals surface area contributed by atoms with Crippen LogP contribution in [0.4, 0.5) is 0 Å². The number of aryl methyl sites for hydroxylation is 2. The Hall–Kier alpha value is -1.82. The fourth-order valence-corrected chi connectivity index (χ4v) is 12.0. The van der Waals surface area contributed by atoms with E-state index in [9.17, 15) is 5.53 Å². The fraction of sp³-hybridized carbons (Fsp3) is 0.750. The van der Waals surface area contributed by atoms with Crippen molar-refractivity contribution in [2.45, 2.75) is 308 Å². The molecule has 1 aliphatic heterocycles. The first-order valence-corrected chi connectivity index (χ1v) is 31.8. The van der Waals surface area contributed by atoms with Gasteiger partial charge in [0.15, 0.2) is 0 Å². The zero-order valence-electron chi connectivity index (χ0n) is 45.5. The minimum atomic E-state index is 1.04. The van der Waals surface area contributed by atoms with Crippen molar-refractivity contribution in [3.8, 4) is 0 Å². The summed E-state index contributed by atoms with van der Waals surface area (Å²) in [6.45, 7) is 13.7. The Morgan fingerprint density at radius 1 is 0.328 bits per heavy atom. The van der Waals surface area contributed by atoms with E-state index in [1.54, 1.807) is 4.70 Å². The molecule has 0 aliphatic carbocycles. The molecular formula is C64H110N2Pd. The van der Waals surface area contributed by atoms with Crippen LogP contribution in [0.25, 0.3) is 16.9 Å². The van der Waals surface area contributed by atoms with Gasteiger partial charge in [-0.15, -0.1) is 0 Å². The third-order valence-electron chi connectivity index (χ3n) is 14.1. The van der Waals surface area contributed by atoms with Crippen LogP contribution in [0.1, 0.15) is 308 Å². The topological polar surface area (TPSA) is 25.3 Å². The zero-order chi connectivity index (χ0) is 48.3. The van der Waals surface area contributed by atoms with E-state index in [0.29, 0.717) is 0 Å². The molecule has 0 N–H and O–H groups in total. The number of hydrogen-bond acceptors (Lipinski definition) is 0. The predicted octanol–water partition coefficient (Wildman–Crippen LogP) is 22.8. The van der Waals surface area contributed by atoms with Crippen LogP contribution in [0.15, 0.2) is 59.7 Å². The van der Waals surface area contributed by atoms with Crippen LogP contribution in [-0.4, -0.2) is 4.70 Å². The summed E-state index contributed by atoms with van der Waals surface area (Å²) in [6, 6.07) is 18.2. The predicted molar refractivity (Wildman–Crippen MR) is 297 cm³/mol. The van der Waals surface area contributed by atoms with Crippen LogP contribution in [0.3, 0.4) is 0 Å². The van der Waals surface area contributed by atoms with Crippen molar-refractivity contribution in [3.63, 3.8) is 0 Å². The molecule has 2 aromatic rings. The van der Waals surface area contributed by atoms with Gasteiger partial charge in [-0.2, -0.15) is 0 Å². The van der Waals surface area contributed by atoms with E-state index in [1.807, 2.05) is 0 Å². The van der Waals surface area contributed by atoms with Crippen molar-refractivity contribution < 1.29 is 22.7 Å². The maximum absolute atomic E-state index is 12.3. The van der Waals surface area contributed by atoms with Crippen molar-refractivity contribution >= 4 is 11.4 Å². The molecule has 0 radical (unpaired) electrons. The summed E-state index contributed by atoms with van der Waals surface area (Å²) in [6.07, 6.45) is 53.7. The van der Waals surface area contributed by atoms with Crippen LogP contribution in [-0.2, 0) is 30.8 Å². The molecule has 1 aliphatic rings. The summed E-state index contributed by atoms with van der Waals surface area (Å²) >= 11 is 1.07. The molecule has 1 heterocycles. The summed E-state index contributed by atoms with van der Waals surface area (Å²) in [5.74, 6) is 0. The van der Waals surface area contributed by atoms with Crippen molar-refractivity contribution in [2.24, 2.45) is 0 Å². The van der Waals surface area contributed by atoms with E-state index in [-0.39, 0.29) is 0 Å². The maximum atomic E-state index is 12.3. The SMILES string of the molecule is CCCCCCCCCCCCCCCCCCCCCCCCCC1=C(c2cccc(CCCC)c2)[N+](=[N-])C(c2cccc(CCCCCC)c2)=C1CCCCC.CCC[CH2][Pd][CH2]CCC. The third-order valence-corrected chi connectivity index (χ3v) is 16.3.